The molecule has 2 aromatic rings. The van der Waals surface area contributed by atoms with Gasteiger partial charge in [-0.1, -0.05) is 59.6 Å². The van der Waals surface area contributed by atoms with E-state index >= 15 is 0 Å². The predicted molar refractivity (Wildman–Crippen MR) is 75.3 cm³/mol. The summed E-state index contributed by atoms with van der Waals surface area (Å²) in [6.45, 7) is 0. The highest BCUT2D eigenvalue weighted by Gasteiger charge is 2.09. The van der Waals surface area contributed by atoms with Crippen molar-refractivity contribution in [3.8, 4) is 0 Å². The van der Waals surface area contributed by atoms with E-state index in [1.165, 1.54) is 0 Å². The predicted octanol–water partition coefficient (Wildman–Crippen LogP) is 4.35. The van der Waals surface area contributed by atoms with Crippen LogP contribution in [0.25, 0.3) is 0 Å². The minimum atomic E-state index is 0.108. The number of halogens is 2. The van der Waals surface area contributed by atoms with Crippen molar-refractivity contribution >= 4 is 29.0 Å². The highest BCUT2D eigenvalue weighted by molar-refractivity contribution is 6.32. The number of ketones is 1. The Kier molecular flexibility index (Phi) is 4.40. The van der Waals surface area contributed by atoms with Gasteiger partial charge in [-0.3, -0.25) is 4.79 Å². The summed E-state index contributed by atoms with van der Waals surface area (Å²) in [4.78, 5) is 12.0. The van der Waals surface area contributed by atoms with E-state index in [1.807, 2.05) is 36.4 Å². The summed E-state index contributed by atoms with van der Waals surface area (Å²) in [5.74, 6) is 0.108. The van der Waals surface area contributed by atoms with E-state index in [1.54, 1.807) is 12.1 Å². The fraction of sp³-hybridized carbons (Fsp3) is 0.133. The summed E-state index contributed by atoms with van der Waals surface area (Å²) in [5.41, 5.74) is 1.72. The van der Waals surface area contributed by atoms with E-state index in [0.29, 0.717) is 22.9 Å². The van der Waals surface area contributed by atoms with Crippen LogP contribution in [-0.4, -0.2) is 5.78 Å². The lowest BCUT2D eigenvalue weighted by Gasteiger charge is -2.05. The van der Waals surface area contributed by atoms with Crippen molar-refractivity contribution in [1.82, 2.24) is 0 Å². The lowest BCUT2D eigenvalue weighted by atomic mass is 10.0. The van der Waals surface area contributed by atoms with E-state index in [2.05, 4.69) is 0 Å². The summed E-state index contributed by atoms with van der Waals surface area (Å²) in [7, 11) is 0. The van der Waals surface area contributed by atoms with Crippen molar-refractivity contribution in [1.29, 1.82) is 0 Å². The molecule has 0 bridgehead atoms. The molecule has 0 heterocycles. The maximum atomic E-state index is 12.0. The van der Waals surface area contributed by atoms with Crippen molar-refractivity contribution in [3.63, 3.8) is 0 Å². The molecule has 2 aromatic carbocycles. The van der Waals surface area contributed by atoms with E-state index < -0.39 is 0 Å². The first kappa shape index (κ1) is 13.1. The Morgan fingerprint density at radius 3 is 1.56 bits per heavy atom. The molecule has 0 aliphatic heterocycles. The van der Waals surface area contributed by atoms with Crippen molar-refractivity contribution in [2.75, 3.05) is 0 Å². The molecule has 0 saturated carbocycles. The van der Waals surface area contributed by atoms with Gasteiger partial charge >= 0.3 is 0 Å². The Morgan fingerprint density at radius 1 is 0.778 bits per heavy atom. The highest BCUT2D eigenvalue weighted by Crippen LogP contribution is 2.19. The quantitative estimate of drug-likeness (QED) is 0.813. The van der Waals surface area contributed by atoms with Gasteiger partial charge in [0, 0.05) is 22.9 Å². The minimum Gasteiger partial charge on any atom is -0.299 e. The second kappa shape index (κ2) is 6.03. The van der Waals surface area contributed by atoms with Crippen LogP contribution in [0.3, 0.4) is 0 Å². The fourth-order valence-corrected chi connectivity index (χ4v) is 2.18. The number of rotatable bonds is 4. The van der Waals surface area contributed by atoms with Gasteiger partial charge in [-0.2, -0.15) is 0 Å². The first-order valence-corrected chi connectivity index (χ1v) is 6.41. The molecule has 92 valence electrons. The molecule has 3 heteroatoms. The summed E-state index contributed by atoms with van der Waals surface area (Å²) >= 11 is 12.0. The third kappa shape index (κ3) is 3.34. The summed E-state index contributed by atoms with van der Waals surface area (Å²) in [6.07, 6.45) is 0.676. The summed E-state index contributed by atoms with van der Waals surface area (Å²) in [5, 5.41) is 1.26. The number of carbonyl (C=O) groups is 1. The molecule has 0 aliphatic carbocycles. The number of benzene rings is 2. The van der Waals surface area contributed by atoms with E-state index in [4.69, 9.17) is 23.2 Å². The zero-order valence-electron chi connectivity index (χ0n) is 9.70. The minimum absolute atomic E-state index is 0.108. The first-order chi connectivity index (χ1) is 8.66. The van der Waals surface area contributed by atoms with Crippen molar-refractivity contribution in [2.45, 2.75) is 12.8 Å². The number of carbonyl (C=O) groups excluding carboxylic acids is 1. The summed E-state index contributed by atoms with van der Waals surface area (Å²) in [6, 6.07) is 14.8. The largest absolute Gasteiger partial charge is 0.299 e. The molecule has 0 unspecified atom stereocenters. The fourth-order valence-electron chi connectivity index (χ4n) is 1.77. The molecular formula is C15H12Cl2O. The van der Waals surface area contributed by atoms with Crippen LogP contribution in [0, 0.1) is 0 Å². The smallest absolute Gasteiger partial charge is 0.141 e. The molecule has 0 aliphatic rings. The Labute approximate surface area is 116 Å². The third-order valence-corrected chi connectivity index (χ3v) is 3.43. The van der Waals surface area contributed by atoms with Crippen molar-refractivity contribution < 1.29 is 4.79 Å². The van der Waals surface area contributed by atoms with Gasteiger partial charge in [0.15, 0.2) is 0 Å². The van der Waals surface area contributed by atoms with E-state index in [9.17, 15) is 4.79 Å². The van der Waals surface area contributed by atoms with E-state index in [0.717, 1.165) is 11.1 Å². The standard InChI is InChI=1S/C15H12Cl2O/c16-14-7-3-1-5-11(14)9-13(18)10-12-6-2-4-8-15(12)17/h1-8H,9-10H2. The normalized spacial score (nSPS) is 10.3. The molecular weight excluding hydrogens is 267 g/mol. The molecule has 0 N–H and O–H groups in total. The van der Waals surface area contributed by atoms with Crippen LogP contribution in [0.15, 0.2) is 48.5 Å². The molecule has 0 spiro atoms. The molecule has 2 rings (SSSR count). The zero-order valence-corrected chi connectivity index (χ0v) is 11.2. The van der Waals surface area contributed by atoms with Crippen LogP contribution in [0.1, 0.15) is 11.1 Å². The van der Waals surface area contributed by atoms with Crippen LogP contribution in [0.2, 0.25) is 10.0 Å². The van der Waals surface area contributed by atoms with Gasteiger partial charge in [-0.05, 0) is 23.3 Å². The Morgan fingerprint density at radius 2 is 1.17 bits per heavy atom. The third-order valence-electron chi connectivity index (χ3n) is 2.69. The van der Waals surface area contributed by atoms with Crippen LogP contribution >= 0.6 is 23.2 Å². The Balaban J connectivity index is 2.06. The average Bonchev–Trinajstić information content (AvgIpc) is 2.35. The topological polar surface area (TPSA) is 17.1 Å². The molecule has 0 atom stereocenters. The van der Waals surface area contributed by atoms with Crippen LogP contribution in [0.4, 0.5) is 0 Å². The lowest BCUT2D eigenvalue weighted by molar-refractivity contribution is -0.117. The molecule has 0 radical (unpaired) electrons. The molecule has 0 fully saturated rings. The monoisotopic (exact) mass is 278 g/mol. The maximum Gasteiger partial charge on any atom is 0.141 e. The van der Waals surface area contributed by atoms with Gasteiger partial charge in [0.05, 0.1) is 0 Å². The SMILES string of the molecule is O=C(Cc1ccccc1Cl)Cc1ccccc1Cl. The van der Waals surface area contributed by atoms with Crippen molar-refractivity contribution in [2.24, 2.45) is 0 Å². The lowest BCUT2D eigenvalue weighted by Crippen LogP contribution is -2.07. The molecule has 1 nitrogen and oxygen atoms in total. The zero-order chi connectivity index (χ0) is 13.0. The molecule has 0 amide bonds. The molecule has 0 saturated heterocycles. The van der Waals surface area contributed by atoms with Gasteiger partial charge < -0.3 is 0 Å². The Hall–Kier alpha value is -1.31. The van der Waals surface area contributed by atoms with Crippen molar-refractivity contribution in [3.05, 3.63) is 69.7 Å². The maximum absolute atomic E-state index is 12.0. The average molecular weight is 279 g/mol. The van der Waals surface area contributed by atoms with Crippen LogP contribution in [-0.2, 0) is 17.6 Å². The second-order valence-corrected chi connectivity index (χ2v) is 4.89. The Bertz CT molecular complexity index is 514. The van der Waals surface area contributed by atoms with Crippen LogP contribution in [0.5, 0.6) is 0 Å². The number of Topliss-reactive ketones (excluding diaryl/α,β-unsaturated/α-hetero) is 1. The molecule has 0 aromatic heterocycles. The molecule has 18 heavy (non-hydrogen) atoms. The van der Waals surface area contributed by atoms with Gasteiger partial charge in [-0.15, -0.1) is 0 Å². The highest BCUT2D eigenvalue weighted by atomic mass is 35.5. The van der Waals surface area contributed by atoms with Gasteiger partial charge in [0.1, 0.15) is 5.78 Å². The van der Waals surface area contributed by atoms with Crippen LogP contribution < -0.4 is 0 Å². The number of hydrogen-bond donors (Lipinski definition) is 0. The second-order valence-electron chi connectivity index (χ2n) is 4.08. The van der Waals surface area contributed by atoms with Gasteiger partial charge in [-0.25, -0.2) is 0 Å². The first-order valence-electron chi connectivity index (χ1n) is 5.65. The van der Waals surface area contributed by atoms with E-state index in [-0.39, 0.29) is 5.78 Å². The number of hydrogen-bond acceptors (Lipinski definition) is 1. The summed E-state index contributed by atoms with van der Waals surface area (Å²) < 4.78 is 0. The van der Waals surface area contributed by atoms with Gasteiger partial charge in [0.2, 0.25) is 0 Å². The van der Waals surface area contributed by atoms with Gasteiger partial charge in [0.25, 0.3) is 0 Å².